The van der Waals surface area contributed by atoms with E-state index in [0.29, 0.717) is 16.1 Å². The molecule has 1 amide bonds. The van der Waals surface area contributed by atoms with Gasteiger partial charge >= 0.3 is 5.97 Å². The predicted molar refractivity (Wildman–Crippen MR) is 120 cm³/mol. The van der Waals surface area contributed by atoms with Gasteiger partial charge in [-0.05, 0) is 50.2 Å². The van der Waals surface area contributed by atoms with Crippen LogP contribution in [0.3, 0.4) is 0 Å². The third kappa shape index (κ3) is 6.22. The lowest BCUT2D eigenvalue weighted by molar-refractivity contribution is -0.142. The molecule has 8 nitrogen and oxygen atoms in total. The maximum absolute atomic E-state index is 12.8. The highest BCUT2D eigenvalue weighted by molar-refractivity contribution is 8.77. The zero-order valence-electron chi connectivity index (χ0n) is 16.6. The molecular weight excluding hydrogens is 446 g/mol. The quantitative estimate of drug-likeness (QED) is 0.396. The van der Waals surface area contributed by atoms with Gasteiger partial charge in [-0.3, -0.25) is 9.59 Å². The van der Waals surface area contributed by atoms with Crippen LogP contribution in [0.1, 0.15) is 24.2 Å². The monoisotopic (exact) mass is 469 g/mol. The molecule has 11 heteroatoms. The first-order valence-corrected chi connectivity index (χ1v) is 12.4. The smallest absolute Gasteiger partial charge is 0.324 e. The van der Waals surface area contributed by atoms with Crippen molar-refractivity contribution < 1.29 is 22.7 Å². The van der Waals surface area contributed by atoms with E-state index >= 15 is 0 Å². The Morgan fingerprint density at radius 1 is 1.10 bits per heavy atom. The van der Waals surface area contributed by atoms with E-state index < -0.39 is 26.8 Å². The van der Waals surface area contributed by atoms with Gasteiger partial charge < -0.3 is 15.8 Å². The van der Waals surface area contributed by atoms with E-state index in [2.05, 4.69) is 5.32 Å². The van der Waals surface area contributed by atoms with Gasteiger partial charge in [0.15, 0.2) is 0 Å². The standard InChI is InChI=1S/C19H23N3O5S3/c1-19(2,16(20)18(24)27-3)29-28-15-7-5-4-6-14(15)17(23)22-12-8-10-13(11-9-12)30(21,25)26/h4-11,16H,20H2,1-3H3,(H,22,23)(H2,21,25,26)/t16-/m0/s1. The van der Waals surface area contributed by atoms with Crippen LogP contribution in [0.2, 0.25) is 0 Å². The van der Waals surface area contributed by atoms with Crippen molar-refractivity contribution in [2.45, 2.75) is 34.4 Å². The number of nitrogens with two attached hydrogens (primary N) is 2. The molecule has 1 atom stereocenters. The molecule has 5 N–H and O–H groups in total. The highest BCUT2D eigenvalue weighted by Gasteiger charge is 2.34. The van der Waals surface area contributed by atoms with E-state index in [0.717, 1.165) is 0 Å². The number of sulfonamides is 1. The molecule has 162 valence electrons. The van der Waals surface area contributed by atoms with Crippen molar-refractivity contribution in [1.82, 2.24) is 0 Å². The SMILES string of the molecule is COC(=O)[C@H](N)C(C)(C)SSc1ccccc1C(=O)Nc1ccc(S(N)(=O)=O)cc1. The van der Waals surface area contributed by atoms with E-state index in [9.17, 15) is 18.0 Å². The Kier molecular flexibility index (Phi) is 7.94. The van der Waals surface area contributed by atoms with Crippen LogP contribution in [-0.4, -0.2) is 38.2 Å². The summed E-state index contributed by atoms with van der Waals surface area (Å²) in [6, 6.07) is 11.7. The lowest BCUT2D eigenvalue weighted by Crippen LogP contribution is -2.47. The van der Waals surface area contributed by atoms with E-state index in [4.69, 9.17) is 15.6 Å². The summed E-state index contributed by atoms with van der Waals surface area (Å²) in [4.78, 5) is 25.2. The first-order chi connectivity index (χ1) is 14.0. The predicted octanol–water partition coefficient (Wildman–Crippen LogP) is 2.61. The average Bonchev–Trinajstić information content (AvgIpc) is 2.71. The second-order valence-corrected chi connectivity index (χ2v) is 11.2. The van der Waals surface area contributed by atoms with Gasteiger partial charge in [-0.15, -0.1) is 0 Å². The zero-order chi connectivity index (χ0) is 22.5. The van der Waals surface area contributed by atoms with Crippen molar-refractivity contribution in [3.8, 4) is 0 Å². The fourth-order valence-electron chi connectivity index (χ4n) is 2.27. The molecule has 0 saturated heterocycles. The number of carbonyl (C=O) groups excluding carboxylic acids is 2. The number of methoxy groups -OCH3 is 1. The Labute approximate surface area is 183 Å². The first kappa shape index (κ1) is 24.2. The van der Waals surface area contributed by atoms with E-state index in [1.54, 1.807) is 24.3 Å². The summed E-state index contributed by atoms with van der Waals surface area (Å²) in [5, 5.41) is 7.81. The lowest BCUT2D eigenvalue weighted by atomic mass is 10.1. The molecule has 0 radical (unpaired) electrons. The maximum Gasteiger partial charge on any atom is 0.324 e. The Bertz CT molecular complexity index is 1020. The minimum absolute atomic E-state index is 0.0444. The molecule has 2 rings (SSSR count). The summed E-state index contributed by atoms with van der Waals surface area (Å²) in [5.74, 6) is -0.876. The summed E-state index contributed by atoms with van der Waals surface area (Å²) >= 11 is 0. The minimum Gasteiger partial charge on any atom is -0.468 e. The van der Waals surface area contributed by atoms with Crippen molar-refractivity contribution in [1.29, 1.82) is 0 Å². The lowest BCUT2D eigenvalue weighted by Gasteiger charge is -2.28. The molecule has 0 aliphatic carbocycles. The summed E-state index contributed by atoms with van der Waals surface area (Å²) < 4.78 is 26.7. The molecule has 2 aromatic carbocycles. The Balaban J connectivity index is 2.14. The molecule has 0 heterocycles. The first-order valence-electron chi connectivity index (χ1n) is 8.68. The number of nitrogens with one attached hydrogen (secondary N) is 1. The van der Waals surface area contributed by atoms with Gasteiger partial charge in [-0.2, -0.15) is 0 Å². The van der Waals surface area contributed by atoms with Crippen molar-refractivity contribution in [3.05, 3.63) is 54.1 Å². The molecular formula is C19H23N3O5S3. The van der Waals surface area contributed by atoms with Crippen LogP contribution in [0.5, 0.6) is 0 Å². The molecule has 30 heavy (non-hydrogen) atoms. The number of ether oxygens (including phenoxy) is 1. The number of hydrogen-bond donors (Lipinski definition) is 3. The average molecular weight is 470 g/mol. The second-order valence-electron chi connectivity index (χ2n) is 6.79. The molecule has 0 spiro atoms. The largest absolute Gasteiger partial charge is 0.468 e. The number of primary sulfonamides is 1. The van der Waals surface area contributed by atoms with Crippen LogP contribution in [0, 0.1) is 0 Å². The Hall–Kier alpha value is -2.05. The van der Waals surface area contributed by atoms with Crippen LogP contribution in [0.25, 0.3) is 0 Å². The highest BCUT2D eigenvalue weighted by atomic mass is 33.1. The molecule has 2 aromatic rings. The van der Waals surface area contributed by atoms with Crippen molar-refractivity contribution in [3.63, 3.8) is 0 Å². The Morgan fingerprint density at radius 3 is 2.27 bits per heavy atom. The third-order valence-electron chi connectivity index (χ3n) is 4.12. The van der Waals surface area contributed by atoms with Gasteiger partial charge in [0.2, 0.25) is 10.0 Å². The van der Waals surface area contributed by atoms with Crippen molar-refractivity contribution >= 4 is 49.2 Å². The van der Waals surface area contributed by atoms with Crippen LogP contribution >= 0.6 is 21.6 Å². The summed E-state index contributed by atoms with van der Waals surface area (Å²) in [5.41, 5.74) is 6.82. The maximum atomic E-state index is 12.8. The van der Waals surface area contributed by atoms with Gasteiger partial charge in [0.25, 0.3) is 5.91 Å². The van der Waals surface area contributed by atoms with Gasteiger partial charge in [0.1, 0.15) is 6.04 Å². The fourth-order valence-corrected chi connectivity index (χ4v) is 5.33. The number of anilines is 1. The summed E-state index contributed by atoms with van der Waals surface area (Å²) in [7, 11) is 0.161. The van der Waals surface area contributed by atoms with Crippen molar-refractivity contribution in [2.24, 2.45) is 10.9 Å². The summed E-state index contributed by atoms with van der Waals surface area (Å²) in [6.07, 6.45) is 0. The van der Waals surface area contributed by atoms with E-state index in [1.165, 1.54) is 53.0 Å². The number of benzene rings is 2. The molecule has 0 bridgehead atoms. The van der Waals surface area contributed by atoms with Crippen LogP contribution < -0.4 is 16.2 Å². The van der Waals surface area contributed by atoms with Crippen molar-refractivity contribution in [2.75, 3.05) is 12.4 Å². The molecule has 0 unspecified atom stereocenters. The Morgan fingerprint density at radius 2 is 1.70 bits per heavy atom. The normalized spacial score (nSPS) is 12.8. The number of rotatable bonds is 8. The van der Waals surface area contributed by atoms with Gasteiger partial charge in [-0.25, -0.2) is 13.6 Å². The second kappa shape index (κ2) is 9.84. The van der Waals surface area contributed by atoms with Gasteiger partial charge in [0, 0.05) is 15.3 Å². The van der Waals surface area contributed by atoms with Crippen LogP contribution in [-0.2, 0) is 19.6 Å². The molecule has 0 aliphatic heterocycles. The fraction of sp³-hybridized carbons (Fsp3) is 0.263. The molecule has 0 fully saturated rings. The van der Waals surface area contributed by atoms with Crippen LogP contribution in [0.4, 0.5) is 5.69 Å². The highest BCUT2D eigenvalue weighted by Crippen LogP contribution is 2.43. The van der Waals surface area contributed by atoms with E-state index in [-0.39, 0.29) is 10.8 Å². The molecule has 0 aromatic heterocycles. The number of carbonyl (C=O) groups is 2. The molecule has 0 saturated carbocycles. The molecule has 0 aliphatic rings. The van der Waals surface area contributed by atoms with Gasteiger partial charge in [-0.1, -0.05) is 33.7 Å². The number of amides is 1. The number of hydrogen-bond acceptors (Lipinski definition) is 8. The third-order valence-corrected chi connectivity index (χ3v) is 8.43. The topological polar surface area (TPSA) is 142 Å². The van der Waals surface area contributed by atoms with Gasteiger partial charge in [0.05, 0.1) is 17.6 Å². The summed E-state index contributed by atoms with van der Waals surface area (Å²) in [6.45, 7) is 3.64. The van der Waals surface area contributed by atoms with E-state index in [1.807, 2.05) is 13.8 Å². The van der Waals surface area contributed by atoms with Crippen LogP contribution in [0.15, 0.2) is 58.3 Å². The minimum atomic E-state index is -3.81. The zero-order valence-corrected chi connectivity index (χ0v) is 19.1. The number of esters is 1.